The van der Waals surface area contributed by atoms with Crippen molar-refractivity contribution in [2.75, 3.05) is 14.2 Å². The fourth-order valence-electron chi connectivity index (χ4n) is 1.42. The smallest absolute Gasteiger partial charge is 0.156 e. The van der Waals surface area contributed by atoms with E-state index in [1.807, 2.05) is 13.8 Å². The van der Waals surface area contributed by atoms with Crippen LogP contribution < -0.4 is 10.1 Å². The van der Waals surface area contributed by atoms with Gasteiger partial charge in [-0.3, -0.25) is 4.79 Å². The Balaban J connectivity index is 2.95. The molecule has 1 N–H and O–H groups in total. The molecule has 0 amide bonds. The number of likely N-dealkylation sites (N-methyl/N-ethyl adjacent to an activating group) is 1. The number of carbonyl (C=O) groups is 1. The van der Waals surface area contributed by atoms with E-state index in [1.54, 1.807) is 32.4 Å². The van der Waals surface area contributed by atoms with Gasteiger partial charge in [-0.2, -0.15) is 0 Å². The zero-order valence-corrected chi connectivity index (χ0v) is 11.4. The van der Waals surface area contributed by atoms with Gasteiger partial charge in [0.2, 0.25) is 0 Å². The number of carbonyl (C=O) groups excluding carboxylic acids is 1. The van der Waals surface area contributed by atoms with Crippen LogP contribution in [0.3, 0.4) is 0 Å². The number of nitrogens with one attached hydrogen (secondary N) is 1. The topological polar surface area (TPSA) is 38.3 Å². The summed E-state index contributed by atoms with van der Waals surface area (Å²) in [5, 5.41) is 3.60. The van der Waals surface area contributed by atoms with Crippen molar-refractivity contribution < 1.29 is 9.53 Å². The molecule has 0 saturated carbocycles. The number of ether oxygens (including phenoxy) is 1. The fourth-order valence-corrected chi connectivity index (χ4v) is 1.61. The summed E-state index contributed by atoms with van der Waals surface area (Å²) in [5.41, 5.74) is 0.265. The largest absolute Gasteiger partial charge is 0.496 e. The molecule has 0 unspecified atom stereocenters. The fraction of sp³-hybridized carbons (Fsp3) is 0.462. The quantitative estimate of drug-likeness (QED) is 0.878. The molecule has 0 fully saturated rings. The van der Waals surface area contributed by atoms with Crippen molar-refractivity contribution in [2.24, 2.45) is 0 Å². The highest BCUT2D eigenvalue weighted by molar-refractivity contribution is 6.30. The van der Waals surface area contributed by atoms with Gasteiger partial charge in [-0.25, -0.2) is 0 Å². The highest BCUT2D eigenvalue weighted by atomic mass is 35.5. The third-order valence-corrected chi connectivity index (χ3v) is 3.15. The summed E-state index contributed by atoms with van der Waals surface area (Å²) in [6.07, 6.45) is 0.303. The van der Waals surface area contributed by atoms with Crippen LogP contribution in [0.2, 0.25) is 5.02 Å². The van der Waals surface area contributed by atoms with E-state index in [9.17, 15) is 4.79 Å². The molecule has 0 aliphatic carbocycles. The molecular weight excluding hydrogens is 238 g/mol. The molecule has 0 bridgehead atoms. The lowest BCUT2D eigenvalue weighted by molar-refractivity contribution is -0.123. The summed E-state index contributed by atoms with van der Waals surface area (Å²) in [6.45, 7) is 3.71. The van der Waals surface area contributed by atoms with Crippen LogP contribution >= 0.6 is 11.6 Å². The van der Waals surface area contributed by atoms with E-state index in [4.69, 9.17) is 16.3 Å². The van der Waals surface area contributed by atoms with Gasteiger partial charge in [0.15, 0.2) is 5.78 Å². The van der Waals surface area contributed by atoms with Gasteiger partial charge < -0.3 is 10.1 Å². The van der Waals surface area contributed by atoms with E-state index < -0.39 is 5.54 Å². The third kappa shape index (κ3) is 3.45. The molecule has 1 rings (SSSR count). The summed E-state index contributed by atoms with van der Waals surface area (Å²) in [4.78, 5) is 12.1. The Hall–Kier alpha value is -1.06. The molecule has 4 heteroatoms. The maximum absolute atomic E-state index is 12.1. The van der Waals surface area contributed by atoms with Crippen LogP contribution in [0.25, 0.3) is 0 Å². The van der Waals surface area contributed by atoms with Crippen molar-refractivity contribution >= 4 is 17.4 Å². The van der Waals surface area contributed by atoms with Gasteiger partial charge in [-0.1, -0.05) is 11.6 Å². The van der Waals surface area contributed by atoms with Crippen LogP contribution in [0.15, 0.2) is 18.2 Å². The summed E-state index contributed by atoms with van der Waals surface area (Å²) in [7, 11) is 3.35. The number of rotatable bonds is 5. The Morgan fingerprint density at radius 3 is 2.65 bits per heavy atom. The van der Waals surface area contributed by atoms with E-state index >= 15 is 0 Å². The Morgan fingerprint density at radius 1 is 1.47 bits per heavy atom. The molecule has 0 aliphatic heterocycles. The number of hydrogen-bond acceptors (Lipinski definition) is 3. The monoisotopic (exact) mass is 255 g/mol. The van der Waals surface area contributed by atoms with E-state index in [1.165, 1.54) is 0 Å². The van der Waals surface area contributed by atoms with Crippen LogP contribution in [0.1, 0.15) is 19.4 Å². The molecule has 0 radical (unpaired) electrons. The highest BCUT2D eigenvalue weighted by Gasteiger charge is 2.25. The van der Waals surface area contributed by atoms with Crippen molar-refractivity contribution in [2.45, 2.75) is 25.8 Å². The molecular formula is C13H18ClNO2. The Kier molecular flexibility index (Phi) is 4.54. The Bertz CT molecular complexity index is 416. The summed E-state index contributed by atoms with van der Waals surface area (Å²) < 4.78 is 5.22. The molecule has 94 valence electrons. The van der Waals surface area contributed by atoms with Crippen molar-refractivity contribution in [3.05, 3.63) is 28.8 Å². The average molecular weight is 256 g/mol. The van der Waals surface area contributed by atoms with Gasteiger partial charge in [0, 0.05) is 17.0 Å². The standard InChI is InChI=1S/C13H18ClNO2/c1-13(2,15-3)12(16)8-9-7-10(14)5-6-11(9)17-4/h5-7,15H,8H2,1-4H3. The highest BCUT2D eigenvalue weighted by Crippen LogP contribution is 2.24. The van der Waals surface area contributed by atoms with Gasteiger partial charge in [-0.15, -0.1) is 0 Å². The van der Waals surface area contributed by atoms with E-state index in [-0.39, 0.29) is 5.78 Å². The summed E-state index contributed by atoms with van der Waals surface area (Å²) >= 11 is 5.92. The van der Waals surface area contributed by atoms with Crippen molar-refractivity contribution in [3.63, 3.8) is 0 Å². The van der Waals surface area contributed by atoms with Gasteiger partial charge in [-0.05, 0) is 39.1 Å². The molecule has 0 aromatic heterocycles. The van der Waals surface area contributed by atoms with E-state index in [0.29, 0.717) is 17.2 Å². The first-order chi connectivity index (χ1) is 7.90. The molecule has 17 heavy (non-hydrogen) atoms. The van der Waals surface area contributed by atoms with Gasteiger partial charge in [0.25, 0.3) is 0 Å². The Labute approximate surface area is 107 Å². The minimum Gasteiger partial charge on any atom is -0.496 e. The van der Waals surface area contributed by atoms with E-state index in [0.717, 1.165) is 5.56 Å². The molecule has 3 nitrogen and oxygen atoms in total. The molecule has 0 heterocycles. The first-order valence-electron chi connectivity index (χ1n) is 5.45. The van der Waals surface area contributed by atoms with E-state index in [2.05, 4.69) is 5.32 Å². The lowest BCUT2D eigenvalue weighted by atomic mass is 9.93. The Morgan fingerprint density at radius 2 is 2.12 bits per heavy atom. The van der Waals surface area contributed by atoms with Crippen molar-refractivity contribution in [3.8, 4) is 5.75 Å². The average Bonchev–Trinajstić information content (AvgIpc) is 2.29. The van der Waals surface area contributed by atoms with Crippen LogP contribution in [0.4, 0.5) is 0 Å². The van der Waals surface area contributed by atoms with Gasteiger partial charge in [0.1, 0.15) is 5.75 Å². The lowest BCUT2D eigenvalue weighted by Crippen LogP contribution is -2.45. The number of halogens is 1. The van der Waals surface area contributed by atoms with Crippen LogP contribution in [-0.4, -0.2) is 25.5 Å². The molecule has 0 atom stereocenters. The molecule has 0 saturated heterocycles. The lowest BCUT2D eigenvalue weighted by Gasteiger charge is -2.22. The molecule has 1 aromatic rings. The first kappa shape index (κ1) is 14.0. The number of methoxy groups -OCH3 is 1. The zero-order valence-electron chi connectivity index (χ0n) is 10.6. The van der Waals surface area contributed by atoms with Gasteiger partial charge >= 0.3 is 0 Å². The maximum atomic E-state index is 12.1. The molecule has 0 aliphatic rings. The summed E-state index contributed by atoms with van der Waals surface area (Å²) in [6, 6.07) is 5.29. The second kappa shape index (κ2) is 5.52. The SMILES string of the molecule is CNC(C)(C)C(=O)Cc1cc(Cl)ccc1OC. The number of ketones is 1. The molecule has 0 spiro atoms. The second-order valence-corrected chi connectivity index (χ2v) is 4.87. The normalized spacial score (nSPS) is 11.4. The summed E-state index contributed by atoms with van der Waals surface area (Å²) in [5.74, 6) is 0.787. The zero-order chi connectivity index (χ0) is 13.1. The third-order valence-electron chi connectivity index (χ3n) is 2.92. The maximum Gasteiger partial charge on any atom is 0.156 e. The predicted octanol–water partition coefficient (Wildman–Crippen LogP) is 2.46. The van der Waals surface area contributed by atoms with Gasteiger partial charge in [0.05, 0.1) is 12.6 Å². The minimum atomic E-state index is -0.548. The van der Waals surface area contributed by atoms with Crippen molar-refractivity contribution in [1.29, 1.82) is 0 Å². The number of hydrogen-bond donors (Lipinski definition) is 1. The molecule has 1 aromatic carbocycles. The number of benzene rings is 1. The first-order valence-corrected chi connectivity index (χ1v) is 5.83. The van der Waals surface area contributed by atoms with Crippen LogP contribution in [-0.2, 0) is 11.2 Å². The number of Topliss-reactive ketones (excluding diaryl/α,β-unsaturated/α-hetero) is 1. The van der Waals surface area contributed by atoms with Crippen LogP contribution in [0, 0.1) is 0 Å². The second-order valence-electron chi connectivity index (χ2n) is 4.43. The van der Waals surface area contributed by atoms with Crippen molar-refractivity contribution in [1.82, 2.24) is 5.32 Å². The predicted molar refractivity (Wildman–Crippen MR) is 69.9 cm³/mol. The van der Waals surface area contributed by atoms with Crippen LogP contribution in [0.5, 0.6) is 5.75 Å². The minimum absolute atomic E-state index is 0.0977.